The Bertz CT molecular complexity index is 779. The van der Waals surface area contributed by atoms with Gasteiger partial charge in [0.05, 0.1) is 18.4 Å². The molecule has 0 bridgehead atoms. The summed E-state index contributed by atoms with van der Waals surface area (Å²) >= 11 is 0. The summed E-state index contributed by atoms with van der Waals surface area (Å²) in [6, 6.07) is 7.91. The molecule has 5 nitrogen and oxygen atoms in total. The van der Waals surface area contributed by atoms with Crippen molar-refractivity contribution in [2.75, 3.05) is 24.3 Å². The van der Waals surface area contributed by atoms with E-state index in [-0.39, 0.29) is 24.6 Å². The highest BCUT2D eigenvalue weighted by molar-refractivity contribution is 5.93. The fourth-order valence-corrected chi connectivity index (χ4v) is 2.00. The van der Waals surface area contributed by atoms with Crippen LogP contribution in [0.3, 0.4) is 0 Å². The van der Waals surface area contributed by atoms with Crippen LogP contribution in [0.2, 0.25) is 0 Å². The van der Waals surface area contributed by atoms with E-state index in [4.69, 9.17) is 0 Å². The number of methoxy groups -OCH3 is 1. The maximum absolute atomic E-state index is 13.5. The number of benzene rings is 2. The van der Waals surface area contributed by atoms with Gasteiger partial charge in [0.1, 0.15) is 0 Å². The molecule has 0 fully saturated rings. The molecule has 0 unspecified atom stereocenters. The van der Waals surface area contributed by atoms with Crippen LogP contribution in [-0.2, 0) is 9.53 Å². The average Bonchev–Trinajstić information content (AvgIpc) is 2.61. The summed E-state index contributed by atoms with van der Waals surface area (Å²) < 4.78 is 43.9. The summed E-state index contributed by atoms with van der Waals surface area (Å²) in [5.74, 6) is -5.05. The molecule has 0 aliphatic rings. The number of hydrogen-bond acceptors (Lipinski definition) is 4. The van der Waals surface area contributed by atoms with Gasteiger partial charge < -0.3 is 15.4 Å². The number of halogens is 3. The Morgan fingerprint density at radius 2 is 1.68 bits per heavy atom. The van der Waals surface area contributed by atoms with Gasteiger partial charge in [0.25, 0.3) is 0 Å². The SMILES string of the molecule is COC(=O)c1ccc(NC(=O)CCNc2ccc(F)c(F)c2F)cc1. The molecule has 8 heteroatoms. The number of esters is 1. The highest BCUT2D eigenvalue weighted by Gasteiger charge is 2.13. The lowest BCUT2D eigenvalue weighted by molar-refractivity contribution is -0.115. The van der Waals surface area contributed by atoms with Crippen LogP contribution in [-0.4, -0.2) is 25.5 Å². The second-order valence-electron chi connectivity index (χ2n) is 5.02. The van der Waals surface area contributed by atoms with E-state index >= 15 is 0 Å². The number of carbonyl (C=O) groups excluding carboxylic acids is 2. The number of rotatable bonds is 6. The molecule has 0 spiro atoms. The standard InChI is InChI=1S/C17H15F3N2O3/c1-25-17(24)10-2-4-11(5-3-10)22-14(23)8-9-21-13-7-6-12(18)15(19)16(13)20/h2-7,21H,8-9H2,1H3,(H,22,23). The van der Waals surface area contributed by atoms with Crippen LogP contribution in [0.25, 0.3) is 0 Å². The molecule has 0 saturated heterocycles. The fraction of sp³-hybridized carbons (Fsp3) is 0.176. The van der Waals surface area contributed by atoms with E-state index < -0.39 is 23.4 Å². The first kappa shape index (κ1) is 18.3. The number of hydrogen-bond donors (Lipinski definition) is 2. The minimum absolute atomic E-state index is 0.0219. The molecular weight excluding hydrogens is 337 g/mol. The lowest BCUT2D eigenvalue weighted by atomic mass is 10.2. The van der Waals surface area contributed by atoms with Crippen molar-refractivity contribution in [1.82, 2.24) is 0 Å². The van der Waals surface area contributed by atoms with Crippen LogP contribution in [0.1, 0.15) is 16.8 Å². The zero-order chi connectivity index (χ0) is 18.4. The summed E-state index contributed by atoms with van der Waals surface area (Å²) in [5, 5.41) is 5.11. The first-order chi connectivity index (χ1) is 11.9. The third-order valence-electron chi connectivity index (χ3n) is 3.29. The van der Waals surface area contributed by atoms with Gasteiger partial charge in [0.2, 0.25) is 5.91 Å². The summed E-state index contributed by atoms with van der Waals surface area (Å²) in [7, 11) is 1.26. The smallest absolute Gasteiger partial charge is 0.337 e. The van der Waals surface area contributed by atoms with E-state index in [9.17, 15) is 22.8 Å². The first-order valence-electron chi connectivity index (χ1n) is 7.28. The van der Waals surface area contributed by atoms with Crippen molar-refractivity contribution in [2.45, 2.75) is 6.42 Å². The highest BCUT2D eigenvalue weighted by Crippen LogP contribution is 2.19. The molecule has 132 valence electrons. The largest absolute Gasteiger partial charge is 0.465 e. The molecule has 2 N–H and O–H groups in total. The molecule has 0 aromatic heterocycles. The van der Waals surface area contributed by atoms with Gasteiger partial charge >= 0.3 is 5.97 Å². The van der Waals surface area contributed by atoms with Crippen LogP contribution < -0.4 is 10.6 Å². The summed E-state index contributed by atoms with van der Waals surface area (Å²) in [6.45, 7) is 0.0219. The van der Waals surface area contributed by atoms with Crippen molar-refractivity contribution in [3.63, 3.8) is 0 Å². The molecule has 0 aliphatic heterocycles. The quantitative estimate of drug-likeness (QED) is 0.618. The molecule has 2 aromatic carbocycles. The van der Waals surface area contributed by atoms with Gasteiger partial charge in [-0.05, 0) is 36.4 Å². The monoisotopic (exact) mass is 352 g/mol. The number of anilines is 2. The van der Waals surface area contributed by atoms with E-state index in [1.165, 1.54) is 31.4 Å². The Balaban J connectivity index is 1.85. The summed E-state index contributed by atoms with van der Waals surface area (Å²) in [6.07, 6.45) is -0.0306. The second kappa shape index (κ2) is 8.18. The maximum atomic E-state index is 13.5. The average molecular weight is 352 g/mol. The van der Waals surface area contributed by atoms with E-state index in [2.05, 4.69) is 15.4 Å². The molecule has 1 amide bonds. The molecule has 0 saturated carbocycles. The maximum Gasteiger partial charge on any atom is 0.337 e. The molecule has 25 heavy (non-hydrogen) atoms. The Kier molecular flexibility index (Phi) is 5.99. The number of carbonyl (C=O) groups is 2. The van der Waals surface area contributed by atoms with Crippen molar-refractivity contribution >= 4 is 23.3 Å². The molecule has 0 heterocycles. The second-order valence-corrected chi connectivity index (χ2v) is 5.02. The van der Waals surface area contributed by atoms with E-state index in [1.807, 2.05) is 0 Å². The van der Waals surface area contributed by atoms with Gasteiger partial charge in [-0.1, -0.05) is 0 Å². The molecule has 0 aliphatic carbocycles. The summed E-state index contributed by atoms with van der Waals surface area (Å²) in [5.41, 5.74) is 0.585. The summed E-state index contributed by atoms with van der Waals surface area (Å²) in [4.78, 5) is 23.1. The van der Waals surface area contributed by atoms with Crippen molar-refractivity contribution in [2.24, 2.45) is 0 Å². The van der Waals surface area contributed by atoms with E-state index in [0.29, 0.717) is 11.3 Å². The third kappa shape index (κ3) is 4.72. The van der Waals surface area contributed by atoms with Gasteiger partial charge in [-0.15, -0.1) is 0 Å². The minimum Gasteiger partial charge on any atom is -0.465 e. The van der Waals surface area contributed by atoms with Crippen molar-refractivity contribution in [1.29, 1.82) is 0 Å². The molecule has 0 atom stereocenters. The Morgan fingerprint density at radius 1 is 1.00 bits per heavy atom. The van der Waals surface area contributed by atoms with Gasteiger partial charge in [-0.25, -0.2) is 18.0 Å². The highest BCUT2D eigenvalue weighted by atomic mass is 19.2. The van der Waals surface area contributed by atoms with E-state index in [1.54, 1.807) is 0 Å². The molecule has 0 radical (unpaired) electrons. The van der Waals surface area contributed by atoms with Gasteiger partial charge in [-0.3, -0.25) is 4.79 Å². The van der Waals surface area contributed by atoms with Crippen LogP contribution in [0, 0.1) is 17.5 Å². The zero-order valence-electron chi connectivity index (χ0n) is 13.2. The third-order valence-corrected chi connectivity index (χ3v) is 3.29. The Labute approximate surface area is 141 Å². The fourth-order valence-electron chi connectivity index (χ4n) is 2.00. The Morgan fingerprint density at radius 3 is 2.32 bits per heavy atom. The lowest BCUT2D eigenvalue weighted by Gasteiger charge is -2.09. The van der Waals surface area contributed by atoms with Gasteiger partial charge in [0, 0.05) is 18.7 Å². The van der Waals surface area contributed by atoms with Crippen LogP contribution >= 0.6 is 0 Å². The van der Waals surface area contributed by atoms with Crippen molar-refractivity contribution in [3.8, 4) is 0 Å². The van der Waals surface area contributed by atoms with Gasteiger partial charge in [-0.2, -0.15) is 0 Å². The Hall–Kier alpha value is -3.03. The van der Waals surface area contributed by atoms with Crippen molar-refractivity contribution in [3.05, 3.63) is 59.4 Å². The van der Waals surface area contributed by atoms with Crippen LogP contribution in [0.4, 0.5) is 24.5 Å². The topological polar surface area (TPSA) is 67.4 Å². The normalized spacial score (nSPS) is 10.2. The minimum atomic E-state index is -1.57. The van der Waals surface area contributed by atoms with Crippen LogP contribution in [0.5, 0.6) is 0 Å². The van der Waals surface area contributed by atoms with Crippen LogP contribution in [0.15, 0.2) is 36.4 Å². The molecule has 2 aromatic rings. The predicted octanol–water partition coefficient (Wildman–Crippen LogP) is 3.33. The lowest BCUT2D eigenvalue weighted by Crippen LogP contribution is -2.17. The molecular formula is C17H15F3N2O3. The molecule has 2 rings (SSSR count). The van der Waals surface area contributed by atoms with E-state index in [0.717, 1.165) is 12.1 Å². The van der Waals surface area contributed by atoms with Crippen molar-refractivity contribution < 1.29 is 27.5 Å². The number of nitrogens with one attached hydrogen (secondary N) is 2. The zero-order valence-corrected chi connectivity index (χ0v) is 13.2. The number of ether oxygens (including phenoxy) is 1. The van der Waals surface area contributed by atoms with Gasteiger partial charge in [0.15, 0.2) is 17.5 Å². The first-order valence-corrected chi connectivity index (χ1v) is 7.28. The number of amides is 1. The predicted molar refractivity (Wildman–Crippen MR) is 85.8 cm³/mol.